The molecule has 1 aromatic heterocycles. The van der Waals surface area contributed by atoms with Gasteiger partial charge < -0.3 is 10.3 Å². The first-order valence-electron chi connectivity index (χ1n) is 6.95. The third-order valence-corrected chi connectivity index (χ3v) is 5.25. The number of hydrogen-bond acceptors (Lipinski definition) is 3. The molecule has 0 aromatic carbocycles. The Morgan fingerprint density at radius 3 is 2.63 bits per heavy atom. The fourth-order valence-electron chi connectivity index (χ4n) is 2.66. The van der Waals surface area contributed by atoms with Gasteiger partial charge in [0.1, 0.15) is 0 Å². The minimum Gasteiger partial charge on any atom is -0.349 e. The van der Waals surface area contributed by atoms with Crippen LogP contribution in [-0.2, 0) is 23.1 Å². The van der Waals surface area contributed by atoms with Crippen LogP contribution in [0.15, 0.2) is 17.2 Å². The number of aromatic nitrogens is 1. The Bertz CT molecular complexity index is 494. The quantitative estimate of drug-likeness (QED) is 0.830. The van der Waals surface area contributed by atoms with Gasteiger partial charge in [-0.15, -0.1) is 0 Å². The Morgan fingerprint density at radius 1 is 1.42 bits per heavy atom. The van der Waals surface area contributed by atoms with E-state index in [1.54, 1.807) is 12.3 Å². The second-order valence-electron chi connectivity index (χ2n) is 5.16. The van der Waals surface area contributed by atoms with Gasteiger partial charge in [-0.2, -0.15) is 0 Å². The maximum absolute atomic E-state index is 12.2. The zero-order valence-electron chi connectivity index (χ0n) is 11.4. The number of nitrogens with two attached hydrogens (primary N) is 1. The van der Waals surface area contributed by atoms with Crippen molar-refractivity contribution in [3.8, 4) is 0 Å². The summed E-state index contributed by atoms with van der Waals surface area (Å²) in [7, 11) is -3.40. The first-order valence-corrected chi connectivity index (χ1v) is 8.44. The average molecular weight is 285 g/mol. The van der Waals surface area contributed by atoms with E-state index in [9.17, 15) is 8.42 Å². The van der Waals surface area contributed by atoms with E-state index in [-0.39, 0.29) is 0 Å². The van der Waals surface area contributed by atoms with Crippen LogP contribution < -0.4 is 10.5 Å². The molecule has 1 aromatic rings. The average Bonchev–Trinajstić information content (AvgIpc) is 3.05. The molecule has 5 nitrogen and oxygen atoms in total. The van der Waals surface area contributed by atoms with Gasteiger partial charge in [0.15, 0.2) is 0 Å². The van der Waals surface area contributed by atoms with E-state index in [0.29, 0.717) is 23.9 Å². The van der Waals surface area contributed by atoms with Crippen molar-refractivity contribution in [3.05, 3.63) is 18.0 Å². The molecule has 19 heavy (non-hydrogen) atoms. The maximum atomic E-state index is 12.2. The molecule has 108 valence electrons. The van der Waals surface area contributed by atoms with Crippen molar-refractivity contribution < 1.29 is 8.42 Å². The molecule has 1 fully saturated rings. The predicted octanol–water partition coefficient (Wildman–Crippen LogP) is 1.44. The monoisotopic (exact) mass is 285 g/mol. The van der Waals surface area contributed by atoms with Crippen LogP contribution in [0.5, 0.6) is 0 Å². The molecule has 0 aliphatic heterocycles. The number of aryl methyl sites for hydroxylation is 1. The standard InChI is InChI=1S/C13H23N3O2S/c1-2-16-10-13(7-12(16)8-14)19(17,18)15-9-11-5-3-4-6-11/h7,10-11,15H,2-6,8-9,14H2,1H3. The van der Waals surface area contributed by atoms with Crippen LogP contribution in [0.4, 0.5) is 0 Å². The molecule has 0 saturated heterocycles. The zero-order chi connectivity index (χ0) is 13.9. The van der Waals surface area contributed by atoms with Crippen LogP contribution in [0.2, 0.25) is 0 Å². The topological polar surface area (TPSA) is 77.1 Å². The van der Waals surface area contributed by atoms with Crippen molar-refractivity contribution in [1.29, 1.82) is 0 Å². The van der Waals surface area contributed by atoms with Crippen molar-refractivity contribution in [3.63, 3.8) is 0 Å². The van der Waals surface area contributed by atoms with E-state index in [1.165, 1.54) is 12.8 Å². The molecule has 3 N–H and O–H groups in total. The molecule has 0 unspecified atom stereocenters. The van der Waals surface area contributed by atoms with Crippen LogP contribution in [0.1, 0.15) is 38.3 Å². The van der Waals surface area contributed by atoms with Gasteiger partial charge in [0.2, 0.25) is 10.0 Å². The van der Waals surface area contributed by atoms with Gasteiger partial charge in [0.05, 0.1) is 4.90 Å². The molecule has 1 aliphatic carbocycles. The van der Waals surface area contributed by atoms with Crippen molar-refractivity contribution >= 4 is 10.0 Å². The van der Waals surface area contributed by atoms with Gasteiger partial charge in [-0.25, -0.2) is 13.1 Å². The molecule has 0 amide bonds. The Kier molecular flexibility index (Phi) is 4.65. The summed E-state index contributed by atoms with van der Waals surface area (Å²) in [5, 5.41) is 0. The smallest absolute Gasteiger partial charge is 0.242 e. The highest BCUT2D eigenvalue weighted by molar-refractivity contribution is 7.89. The molecule has 1 aliphatic rings. The van der Waals surface area contributed by atoms with Gasteiger partial charge in [-0.3, -0.25) is 0 Å². The highest BCUT2D eigenvalue weighted by Gasteiger charge is 2.21. The molecule has 0 spiro atoms. The van der Waals surface area contributed by atoms with Gasteiger partial charge in [-0.1, -0.05) is 12.8 Å². The predicted molar refractivity (Wildman–Crippen MR) is 75.1 cm³/mol. The SMILES string of the molecule is CCn1cc(S(=O)(=O)NCC2CCCC2)cc1CN. The molecule has 0 atom stereocenters. The van der Waals surface area contributed by atoms with E-state index in [1.807, 2.05) is 11.5 Å². The van der Waals surface area contributed by atoms with Gasteiger partial charge in [0, 0.05) is 31.5 Å². The summed E-state index contributed by atoms with van der Waals surface area (Å²) in [5.41, 5.74) is 6.47. The molecule has 1 heterocycles. The van der Waals surface area contributed by atoms with Crippen LogP contribution >= 0.6 is 0 Å². The Hall–Kier alpha value is -0.850. The lowest BCUT2D eigenvalue weighted by Crippen LogP contribution is -2.28. The highest BCUT2D eigenvalue weighted by atomic mass is 32.2. The zero-order valence-corrected chi connectivity index (χ0v) is 12.2. The van der Waals surface area contributed by atoms with E-state index < -0.39 is 10.0 Å². The van der Waals surface area contributed by atoms with Crippen LogP contribution in [0.3, 0.4) is 0 Å². The van der Waals surface area contributed by atoms with Gasteiger partial charge >= 0.3 is 0 Å². The summed E-state index contributed by atoms with van der Waals surface area (Å²) in [6.07, 6.45) is 6.37. The summed E-state index contributed by atoms with van der Waals surface area (Å²) in [5.74, 6) is 0.497. The molecular weight excluding hydrogens is 262 g/mol. The van der Waals surface area contributed by atoms with Crippen LogP contribution in [0, 0.1) is 5.92 Å². The lowest BCUT2D eigenvalue weighted by molar-refractivity contribution is 0.519. The number of hydrogen-bond donors (Lipinski definition) is 2. The van der Waals surface area contributed by atoms with Crippen molar-refractivity contribution in [2.45, 2.75) is 50.6 Å². The fourth-order valence-corrected chi connectivity index (χ4v) is 3.84. The largest absolute Gasteiger partial charge is 0.349 e. The number of nitrogens with zero attached hydrogens (tertiary/aromatic N) is 1. The Labute approximate surface area is 115 Å². The maximum Gasteiger partial charge on any atom is 0.242 e. The molecule has 0 radical (unpaired) electrons. The molecule has 2 rings (SSSR count). The van der Waals surface area contributed by atoms with Crippen molar-refractivity contribution in [2.75, 3.05) is 6.54 Å². The second-order valence-corrected chi connectivity index (χ2v) is 6.93. The highest BCUT2D eigenvalue weighted by Crippen LogP contribution is 2.24. The van der Waals surface area contributed by atoms with Gasteiger partial charge in [-0.05, 0) is 31.7 Å². The van der Waals surface area contributed by atoms with E-state index in [4.69, 9.17) is 5.73 Å². The Balaban J connectivity index is 2.07. The van der Waals surface area contributed by atoms with E-state index in [2.05, 4.69) is 4.72 Å². The third-order valence-electron chi connectivity index (χ3n) is 3.86. The fraction of sp³-hybridized carbons (Fsp3) is 0.692. The lowest BCUT2D eigenvalue weighted by atomic mass is 10.1. The summed E-state index contributed by atoms with van der Waals surface area (Å²) < 4.78 is 29.0. The van der Waals surface area contributed by atoms with E-state index in [0.717, 1.165) is 25.1 Å². The Morgan fingerprint density at radius 2 is 2.11 bits per heavy atom. The molecule has 1 saturated carbocycles. The molecule has 6 heteroatoms. The first kappa shape index (κ1) is 14.6. The summed E-state index contributed by atoms with van der Waals surface area (Å²) >= 11 is 0. The third kappa shape index (κ3) is 3.38. The van der Waals surface area contributed by atoms with Crippen LogP contribution in [-0.4, -0.2) is 19.5 Å². The number of nitrogens with one attached hydrogen (secondary N) is 1. The summed E-state index contributed by atoms with van der Waals surface area (Å²) in [6, 6.07) is 1.67. The minimum atomic E-state index is -3.40. The van der Waals surface area contributed by atoms with Gasteiger partial charge in [0.25, 0.3) is 0 Å². The number of sulfonamides is 1. The van der Waals surface area contributed by atoms with E-state index >= 15 is 0 Å². The van der Waals surface area contributed by atoms with Crippen molar-refractivity contribution in [1.82, 2.24) is 9.29 Å². The second kappa shape index (κ2) is 6.07. The first-order chi connectivity index (χ1) is 9.06. The normalized spacial score (nSPS) is 17.2. The summed E-state index contributed by atoms with van der Waals surface area (Å²) in [4.78, 5) is 0.327. The lowest BCUT2D eigenvalue weighted by Gasteiger charge is -2.10. The van der Waals surface area contributed by atoms with Crippen molar-refractivity contribution in [2.24, 2.45) is 11.7 Å². The van der Waals surface area contributed by atoms with Crippen LogP contribution in [0.25, 0.3) is 0 Å². The molecule has 0 bridgehead atoms. The minimum absolute atomic E-state index is 0.327. The molecular formula is C13H23N3O2S. The summed E-state index contributed by atoms with van der Waals surface area (Å²) in [6.45, 7) is 3.61. The number of rotatable bonds is 6.